The van der Waals surface area contributed by atoms with Crippen molar-refractivity contribution in [3.63, 3.8) is 0 Å². The maximum Gasteiger partial charge on any atom is 0.284 e. The van der Waals surface area contributed by atoms with Crippen molar-refractivity contribution in [1.82, 2.24) is 15.2 Å². The Morgan fingerprint density at radius 2 is 1.88 bits per heavy atom. The van der Waals surface area contributed by atoms with Gasteiger partial charge < -0.3 is 9.47 Å². The first-order chi connectivity index (χ1) is 11.6. The third-order valence-electron chi connectivity index (χ3n) is 3.23. The van der Waals surface area contributed by atoms with Crippen molar-refractivity contribution in [2.75, 3.05) is 13.2 Å². The van der Waals surface area contributed by atoms with E-state index in [0.717, 1.165) is 6.42 Å². The predicted octanol–water partition coefficient (Wildman–Crippen LogP) is 0.866. The third-order valence-corrected chi connectivity index (χ3v) is 4.47. The van der Waals surface area contributed by atoms with E-state index in [4.69, 9.17) is 9.47 Å². The maximum absolute atomic E-state index is 12.3. The molecule has 0 aliphatic carbocycles. The summed E-state index contributed by atoms with van der Waals surface area (Å²) in [6.07, 6.45) is 2.16. The highest BCUT2D eigenvalue weighted by Gasteiger charge is 2.20. The summed E-state index contributed by atoms with van der Waals surface area (Å²) in [5, 5.41) is 0. The minimum Gasteiger partial charge on any atom is -0.490 e. The number of nitrogens with zero attached hydrogens (tertiary/aromatic N) is 1. The number of hydrogen-bond donors (Lipinski definition) is 2. The van der Waals surface area contributed by atoms with Gasteiger partial charge >= 0.3 is 0 Å². The molecule has 0 spiro atoms. The van der Waals surface area contributed by atoms with Crippen LogP contribution in [0.2, 0.25) is 0 Å². The van der Waals surface area contributed by atoms with Gasteiger partial charge in [-0.05, 0) is 24.3 Å². The average molecular weight is 349 g/mol. The highest BCUT2D eigenvalue weighted by Crippen LogP contribution is 2.31. The molecule has 2 aromatic rings. The highest BCUT2D eigenvalue weighted by atomic mass is 32.2. The minimum atomic E-state index is -3.95. The molecule has 0 unspecified atom stereocenters. The van der Waals surface area contributed by atoms with E-state index in [2.05, 4.69) is 10.4 Å². The van der Waals surface area contributed by atoms with Gasteiger partial charge in [0, 0.05) is 18.7 Å². The van der Waals surface area contributed by atoms with Crippen molar-refractivity contribution in [1.29, 1.82) is 0 Å². The van der Waals surface area contributed by atoms with E-state index < -0.39 is 15.9 Å². The Balaban J connectivity index is 1.74. The Kier molecular flexibility index (Phi) is 4.63. The Hall–Kier alpha value is -2.65. The number of ether oxygens (including phenoxy) is 2. The van der Waals surface area contributed by atoms with Gasteiger partial charge in [0.05, 0.1) is 18.1 Å². The first-order valence-electron chi connectivity index (χ1n) is 7.19. The van der Waals surface area contributed by atoms with Gasteiger partial charge in [0.25, 0.3) is 15.9 Å². The summed E-state index contributed by atoms with van der Waals surface area (Å²) in [5.41, 5.74) is 2.21. The zero-order chi connectivity index (χ0) is 17.0. The van der Waals surface area contributed by atoms with Gasteiger partial charge in [-0.15, -0.1) is 4.83 Å². The second kappa shape index (κ2) is 6.85. The van der Waals surface area contributed by atoms with Crippen molar-refractivity contribution in [2.45, 2.75) is 11.3 Å². The number of fused-ring (bicyclic) bond motifs is 1. The molecule has 0 atom stereocenters. The van der Waals surface area contributed by atoms with Gasteiger partial charge in [-0.2, -0.15) is 0 Å². The van der Waals surface area contributed by atoms with Crippen LogP contribution in [0.4, 0.5) is 0 Å². The van der Waals surface area contributed by atoms with E-state index in [1.807, 2.05) is 4.83 Å². The Labute approximate surface area is 138 Å². The van der Waals surface area contributed by atoms with Crippen LogP contribution < -0.4 is 19.7 Å². The van der Waals surface area contributed by atoms with E-state index in [-0.39, 0.29) is 10.6 Å². The summed E-state index contributed by atoms with van der Waals surface area (Å²) in [6.45, 7) is 0.956. The molecule has 1 amide bonds. The molecule has 9 heteroatoms. The largest absolute Gasteiger partial charge is 0.490 e. The zero-order valence-corrected chi connectivity index (χ0v) is 13.4. The van der Waals surface area contributed by atoms with Gasteiger partial charge in [0.2, 0.25) is 0 Å². The van der Waals surface area contributed by atoms with Crippen LogP contribution in [0.5, 0.6) is 11.5 Å². The lowest BCUT2D eigenvalue weighted by molar-refractivity contribution is 0.0940. The highest BCUT2D eigenvalue weighted by molar-refractivity contribution is 7.89. The molecule has 0 saturated heterocycles. The summed E-state index contributed by atoms with van der Waals surface area (Å²) in [6, 6.07) is 9.00. The topological polar surface area (TPSA) is 107 Å². The quantitative estimate of drug-likeness (QED) is 0.793. The van der Waals surface area contributed by atoms with Crippen molar-refractivity contribution in [3.8, 4) is 11.5 Å². The molecule has 126 valence electrons. The fraction of sp³-hybridized carbons (Fsp3) is 0.200. The number of aromatic nitrogens is 1. The first kappa shape index (κ1) is 16.2. The maximum atomic E-state index is 12.3. The third kappa shape index (κ3) is 3.63. The SMILES string of the molecule is O=C(NNS(=O)(=O)c1ccc2c(c1)OCCCO2)c1ccccn1. The standard InChI is InChI=1S/C15H15N3O5S/c19-15(12-4-1-2-7-16-12)17-18-24(20,21)11-5-6-13-14(10-11)23-9-3-8-22-13/h1-2,4-7,10,18H,3,8-9H2,(H,17,19). The molecule has 1 aliphatic heterocycles. The van der Waals surface area contributed by atoms with Crippen LogP contribution in [-0.2, 0) is 10.0 Å². The molecule has 0 radical (unpaired) electrons. The van der Waals surface area contributed by atoms with Gasteiger partial charge in [-0.25, -0.2) is 8.42 Å². The van der Waals surface area contributed by atoms with E-state index >= 15 is 0 Å². The van der Waals surface area contributed by atoms with Crippen molar-refractivity contribution >= 4 is 15.9 Å². The molecule has 1 aliphatic rings. The summed E-state index contributed by atoms with van der Waals surface area (Å²) in [5.74, 6) is 0.184. The normalized spacial score (nSPS) is 13.8. The molecular formula is C15H15N3O5S. The van der Waals surface area contributed by atoms with Gasteiger partial charge in [0.1, 0.15) is 5.69 Å². The van der Waals surface area contributed by atoms with Crippen molar-refractivity contribution < 1.29 is 22.7 Å². The minimum absolute atomic E-state index is 0.0481. The Morgan fingerprint density at radius 3 is 2.62 bits per heavy atom. The number of sulfonamides is 1. The Morgan fingerprint density at radius 1 is 1.08 bits per heavy atom. The summed E-state index contributed by atoms with van der Waals surface area (Å²) < 4.78 is 35.5. The predicted molar refractivity (Wildman–Crippen MR) is 84.1 cm³/mol. The molecule has 0 bridgehead atoms. The van der Waals surface area contributed by atoms with Crippen LogP contribution in [0.25, 0.3) is 0 Å². The fourth-order valence-corrected chi connectivity index (χ4v) is 2.90. The van der Waals surface area contributed by atoms with Crippen molar-refractivity contribution in [3.05, 3.63) is 48.3 Å². The summed E-state index contributed by atoms with van der Waals surface area (Å²) in [4.78, 5) is 17.7. The van der Waals surface area contributed by atoms with Gasteiger partial charge in [-0.1, -0.05) is 6.07 Å². The van der Waals surface area contributed by atoms with E-state index in [1.54, 1.807) is 12.1 Å². The second-order valence-electron chi connectivity index (χ2n) is 4.93. The zero-order valence-electron chi connectivity index (χ0n) is 12.6. The molecule has 2 heterocycles. The molecule has 24 heavy (non-hydrogen) atoms. The van der Waals surface area contributed by atoms with Crippen LogP contribution in [0, 0.1) is 0 Å². The van der Waals surface area contributed by atoms with E-state index in [1.165, 1.54) is 30.5 Å². The second-order valence-corrected chi connectivity index (χ2v) is 6.62. The molecule has 0 saturated carbocycles. The summed E-state index contributed by atoms with van der Waals surface area (Å²) >= 11 is 0. The van der Waals surface area contributed by atoms with E-state index in [9.17, 15) is 13.2 Å². The van der Waals surface area contributed by atoms with Crippen LogP contribution in [-0.4, -0.2) is 32.5 Å². The van der Waals surface area contributed by atoms with Gasteiger partial charge in [0.15, 0.2) is 11.5 Å². The average Bonchev–Trinajstić information content (AvgIpc) is 2.85. The fourth-order valence-electron chi connectivity index (χ4n) is 2.04. The van der Waals surface area contributed by atoms with Crippen LogP contribution in [0.1, 0.15) is 16.9 Å². The van der Waals surface area contributed by atoms with Gasteiger partial charge in [-0.3, -0.25) is 15.2 Å². The number of hydrazine groups is 1. The smallest absolute Gasteiger partial charge is 0.284 e. The molecule has 1 aromatic heterocycles. The number of nitrogens with one attached hydrogen (secondary N) is 2. The number of carbonyl (C=O) groups excluding carboxylic acids is 1. The van der Waals surface area contributed by atoms with Crippen LogP contribution in [0.15, 0.2) is 47.5 Å². The first-order valence-corrected chi connectivity index (χ1v) is 8.67. The number of benzene rings is 1. The van der Waals surface area contributed by atoms with Crippen LogP contribution in [0.3, 0.4) is 0 Å². The molecule has 8 nitrogen and oxygen atoms in total. The number of amides is 1. The lowest BCUT2D eigenvalue weighted by atomic mass is 10.3. The molecule has 1 aromatic carbocycles. The number of hydrogen-bond acceptors (Lipinski definition) is 6. The molecule has 0 fully saturated rings. The van der Waals surface area contributed by atoms with Crippen LogP contribution >= 0.6 is 0 Å². The Bertz CT molecular complexity index is 839. The summed E-state index contributed by atoms with van der Waals surface area (Å²) in [7, 11) is -3.95. The monoisotopic (exact) mass is 349 g/mol. The lowest BCUT2D eigenvalue weighted by Gasteiger charge is -2.11. The van der Waals surface area contributed by atoms with E-state index in [0.29, 0.717) is 24.7 Å². The number of carbonyl (C=O) groups is 1. The lowest BCUT2D eigenvalue weighted by Crippen LogP contribution is -2.41. The number of pyridine rings is 1. The number of rotatable bonds is 4. The van der Waals surface area contributed by atoms with Crippen molar-refractivity contribution in [2.24, 2.45) is 0 Å². The molecular weight excluding hydrogens is 334 g/mol. The molecule has 2 N–H and O–H groups in total. The molecule has 3 rings (SSSR count).